The summed E-state index contributed by atoms with van der Waals surface area (Å²) in [5, 5.41) is 10.2. The molecular weight excluding hydrogens is 264 g/mol. The van der Waals surface area contributed by atoms with E-state index in [0.717, 1.165) is 5.56 Å². The van der Waals surface area contributed by atoms with Crippen LogP contribution in [0.15, 0.2) is 24.3 Å². The van der Waals surface area contributed by atoms with Crippen molar-refractivity contribution in [3.63, 3.8) is 0 Å². The maximum atomic E-state index is 11.2. The van der Waals surface area contributed by atoms with Gasteiger partial charge in [0.05, 0.1) is 18.7 Å². The lowest BCUT2D eigenvalue weighted by Crippen LogP contribution is -2.40. The number of amides is 1. The topological polar surface area (TPSA) is 66.6 Å². The van der Waals surface area contributed by atoms with Crippen LogP contribution in [0.4, 0.5) is 0 Å². The number of primary amides is 1. The van der Waals surface area contributed by atoms with Gasteiger partial charge in [-0.1, -0.05) is 23.4 Å². The number of carbonyl (C=O) groups is 1. The van der Waals surface area contributed by atoms with Gasteiger partial charge in [-0.25, -0.2) is 0 Å². The Morgan fingerprint density at radius 2 is 2.16 bits per heavy atom. The Hall–Kier alpha value is -1.54. The van der Waals surface area contributed by atoms with Crippen molar-refractivity contribution < 1.29 is 9.90 Å². The minimum Gasteiger partial charge on any atom is -0.392 e. The van der Waals surface area contributed by atoms with Crippen LogP contribution in [0.25, 0.3) is 0 Å². The van der Waals surface area contributed by atoms with Crippen LogP contribution in [-0.2, 0) is 4.79 Å². The van der Waals surface area contributed by atoms with E-state index in [9.17, 15) is 9.90 Å². The van der Waals surface area contributed by atoms with Gasteiger partial charge in [-0.3, -0.25) is 9.69 Å². The van der Waals surface area contributed by atoms with E-state index in [1.807, 2.05) is 12.1 Å². The average molecular weight is 279 g/mol. The molecule has 3 N–H and O–H groups in total. The van der Waals surface area contributed by atoms with Crippen LogP contribution in [0.2, 0.25) is 5.02 Å². The minimum atomic E-state index is -0.505. The smallest absolute Gasteiger partial charge is 0.234 e. The van der Waals surface area contributed by atoms with Crippen LogP contribution in [0.5, 0.6) is 0 Å². The third-order valence-corrected chi connectivity index (χ3v) is 3.32. The molecule has 2 atom stereocenters. The Labute approximate surface area is 117 Å². The van der Waals surface area contributed by atoms with E-state index in [-0.39, 0.29) is 0 Å². The standard InChI is InChI=1S/C14H15ClN2O2/c15-11-5-3-10(4-6-11)2-1-7-17-9-12(18)8-13(17)14(16)19/h3-6,12-13,18H,7-9H2,(H2,16,19)/t12-,13+/m0/s1. The summed E-state index contributed by atoms with van der Waals surface area (Å²) in [5.74, 6) is 5.56. The largest absolute Gasteiger partial charge is 0.392 e. The number of hydrogen-bond donors (Lipinski definition) is 2. The number of aliphatic hydroxyl groups excluding tert-OH is 1. The first kappa shape index (κ1) is 13.9. The second-order valence-corrected chi connectivity index (χ2v) is 4.98. The summed E-state index contributed by atoms with van der Waals surface area (Å²) in [6.45, 7) is 0.843. The van der Waals surface area contributed by atoms with E-state index < -0.39 is 18.1 Å². The van der Waals surface area contributed by atoms with Crippen LogP contribution in [0.1, 0.15) is 12.0 Å². The Kier molecular flexibility index (Phi) is 4.43. The summed E-state index contributed by atoms with van der Waals surface area (Å²) in [6, 6.07) is 6.79. The Balaban J connectivity index is 1.98. The lowest BCUT2D eigenvalue weighted by molar-refractivity contribution is -0.122. The summed E-state index contributed by atoms with van der Waals surface area (Å²) in [5.41, 5.74) is 6.16. The van der Waals surface area contributed by atoms with Crippen molar-refractivity contribution in [1.29, 1.82) is 0 Å². The monoisotopic (exact) mass is 278 g/mol. The van der Waals surface area contributed by atoms with E-state index in [1.54, 1.807) is 17.0 Å². The molecule has 1 aliphatic heterocycles. The highest BCUT2D eigenvalue weighted by molar-refractivity contribution is 6.30. The zero-order valence-electron chi connectivity index (χ0n) is 10.3. The zero-order valence-corrected chi connectivity index (χ0v) is 11.1. The first-order chi connectivity index (χ1) is 9.06. The molecular formula is C14H15ClN2O2. The highest BCUT2D eigenvalue weighted by Crippen LogP contribution is 2.16. The highest BCUT2D eigenvalue weighted by Gasteiger charge is 2.33. The fourth-order valence-electron chi connectivity index (χ4n) is 2.13. The quantitative estimate of drug-likeness (QED) is 0.779. The van der Waals surface area contributed by atoms with Crippen molar-refractivity contribution in [3.05, 3.63) is 34.9 Å². The summed E-state index contributed by atoms with van der Waals surface area (Å²) in [4.78, 5) is 13.0. The maximum absolute atomic E-state index is 11.2. The van der Waals surface area contributed by atoms with Gasteiger partial charge in [0.15, 0.2) is 0 Å². The Bertz CT molecular complexity index is 518. The normalized spacial score (nSPS) is 22.8. The van der Waals surface area contributed by atoms with Crippen LogP contribution >= 0.6 is 11.6 Å². The number of halogens is 1. The van der Waals surface area contributed by atoms with Gasteiger partial charge in [0.1, 0.15) is 0 Å². The molecule has 1 amide bonds. The third kappa shape index (κ3) is 3.71. The molecule has 0 unspecified atom stereocenters. The van der Waals surface area contributed by atoms with Crippen molar-refractivity contribution in [1.82, 2.24) is 4.90 Å². The molecule has 1 saturated heterocycles. The van der Waals surface area contributed by atoms with Gasteiger partial charge in [0, 0.05) is 17.1 Å². The van der Waals surface area contributed by atoms with Crippen LogP contribution in [0, 0.1) is 11.8 Å². The first-order valence-electron chi connectivity index (χ1n) is 6.02. The molecule has 1 aromatic carbocycles. The fourth-order valence-corrected chi connectivity index (χ4v) is 2.25. The average Bonchev–Trinajstić information content (AvgIpc) is 2.73. The summed E-state index contributed by atoms with van der Waals surface area (Å²) >= 11 is 5.78. The summed E-state index contributed by atoms with van der Waals surface area (Å²) in [6.07, 6.45) is -0.118. The number of carbonyl (C=O) groups excluding carboxylic acids is 1. The lowest BCUT2D eigenvalue weighted by atomic mass is 10.2. The van der Waals surface area contributed by atoms with Crippen molar-refractivity contribution >= 4 is 17.5 Å². The first-order valence-corrected chi connectivity index (χ1v) is 6.40. The maximum Gasteiger partial charge on any atom is 0.234 e. The van der Waals surface area contributed by atoms with E-state index in [4.69, 9.17) is 17.3 Å². The van der Waals surface area contributed by atoms with Crippen molar-refractivity contribution in [2.45, 2.75) is 18.6 Å². The molecule has 4 nitrogen and oxygen atoms in total. The predicted octanol–water partition coefficient (Wildman–Crippen LogP) is 0.612. The molecule has 0 spiro atoms. The molecule has 0 radical (unpaired) electrons. The molecule has 0 bridgehead atoms. The number of β-amino-alcohol motifs (C(OH)–C–C–N with tert-alkyl or cyclic N) is 1. The molecule has 1 heterocycles. The Morgan fingerprint density at radius 1 is 1.47 bits per heavy atom. The van der Waals surface area contributed by atoms with Gasteiger partial charge in [0.25, 0.3) is 0 Å². The minimum absolute atomic E-state index is 0.387. The van der Waals surface area contributed by atoms with Crippen LogP contribution in [0.3, 0.4) is 0 Å². The summed E-state index contributed by atoms with van der Waals surface area (Å²) in [7, 11) is 0. The van der Waals surface area contributed by atoms with Crippen molar-refractivity contribution in [2.75, 3.05) is 13.1 Å². The predicted molar refractivity (Wildman–Crippen MR) is 73.5 cm³/mol. The molecule has 1 aliphatic rings. The molecule has 2 rings (SSSR count). The molecule has 0 aliphatic carbocycles. The molecule has 19 heavy (non-hydrogen) atoms. The molecule has 1 aromatic rings. The second-order valence-electron chi connectivity index (χ2n) is 4.55. The number of benzene rings is 1. The molecule has 5 heteroatoms. The lowest BCUT2D eigenvalue weighted by Gasteiger charge is -2.17. The number of aliphatic hydroxyl groups is 1. The number of nitrogens with two attached hydrogens (primary N) is 1. The molecule has 0 saturated carbocycles. The van der Waals surface area contributed by atoms with Crippen LogP contribution in [-0.4, -0.2) is 41.1 Å². The van der Waals surface area contributed by atoms with Gasteiger partial charge in [-0.2, -0.15) is 0 Å². The molecule has 1 fully saturated rings. The summed E-state index contributed by atoms with van der Waals surface area (Å²) < 4.78 is 0. The SMILES string of the molecule is NC(=O)[C@H]1C[C@H](O)CN1CC#Cc1ccc(Cl)cc1. The van der Waals surface area contributed by atoms with Gasteiger partial charge in [-0.15, -0.1) is 0 Å². The van der Waals surface area contributed by atoms with Crippen molar-refractivity contribution in [3.8, 4) is 11.8 Å². The van der Waals surface area contributed by atoms with Gasteiger partial charge in [-0.05, 0) is 30.7 Å². The van der Waals surface area contributed by atoms with E-state index in [0.29, 0.717) is 24.5 Å². The van der Waals surface area contributed by atoms with Crippen molar-refractivity contribution in [2.24, 2.45) is 5.73 Å². The number of likely N-dealkylation sites (tertiary alicyclic amines) is 1. The molecule has 0 aromatic heterocycles. The Morgan fingerprint density at radius 3 is 2.79 bits per heavy atom. The number of nitrogens with zero attached hydrogens (tertiary/aromatic N) is 1. The van der Waals surface area contributed by atoms with Crippen LogP contribution < -0.4 is 5.73 Å². The van der Waals surface area contributed by atoms with E-state index in [2.05, 4.69) is 11.8 Å². The van der Waals surface area contributed by atoms with Gasteiger partial charge >= 0.3 is 0 Å². The number of rotatable bonds is 2. The highest BCUT2D eigenvalue weighted by atomic mass is 35.5. The number of hydrogen-bond acceptors (Lipinski definition) is 3. The van der Waals surface area contributed by atoms with E-state index in [1.165, 1.54) is 0 Å². The third-order valence-electron chi connectivity index (χ3n) is 3.07. The van der Waals surface area contributed by atoms with Gasteiger partial charge in [0.2, 0.25) is 5.91 Å². The van der Waals surface area contributed by atoms with E-state index >= 15 is 0 Å². The second kappa shape index (κ2) is 6.07. The van der Waals surface area contributed by atoms with Gasteiger partial charge < -0.3 is 10.8 Å². The molecule has 100 valence electrons. The zero-order chi connectivity index (χ0) is 13.8. The fraction of sp³-hybridized carbons (Fsp3) is 0.357.